The van der Waals surface area contributed by atoms with Crippen LogP contribution in [0.1, 0.15) is 18.2 Å². The third-order valence-corrected chi connectivity index (χ3v) is 5.27. The summed E-state index contributed by atoms with van der Waals surface area (Å²) < 4.78 is 39.1. The number of H-pyrrole nitrogens is 1. The Balaban J connectivity index is 1.57. The lowest BCUT2D eigenvalue weighted by molar-refractivity contribution is -0.137. The lowest BCUT2D eigenvalue weighted by atomic mass is 10.1. The Labute approximate surface area is 164 Å². The minimum atomic E-state index is -4.40. The Morgan fingerprint density at radius 2 is 1.82 bits per heavy atom. The number of aromatic nitrogens is 4. The van der Waals surface area contributed by atoms with E-state index in [-0.39, 0.29) is 0 Å². The van der Waals surface area contributed by atoms with Crippen molar-refractivity contribution < 1.29 is 13.2 Å². The molecule has 0 atom stereocenters. The van der Waals surface area contributed by atoms with Gasteiger partial charge in [-0.25, -0.2) is 9.97 Å². The lowest BCUT2D eigenvalue weighted by Crippen LogP contribution is -2.47. The first kappa shape index (κ1) is 18.8. The Morgan fingerprint density at radius 1 is 1.11 bits per heavy atom. The molecule has 10 heteroatoms. The molecule has 4 rings (SSSR count). The fraction of sp³-hybridized carbons (Fsp3) is 0.389. The quantitative estimate of drug-likeness (QED) is 0.709. The van der Waals surface area contributed by atoms with E-state index in [0.717, 1.165) is 35.5 Å². The number of hydrogen-bond donors (Lipinski definition) is 1. The van der Waals surface area contributed by atoms with Gasteiger partial charge >= 0.3 is 6.18 Å². The Bertz CT molecular complexity index is 995. The summed E-state index contributed by atoms with van der Waals surface area (Å²) in [7, 11) is 0. The van der Waals surface area contributed by atoms with Gasteiger partial charge in [-0.1, -0.05) is 18.5 Å². The van der Waals surface area contributed by atoms with Gasteiger partial charge in [0.15, 0.2) is 5.65 Å². The maximum absolute atomic E-state index is 13.0. The molecule has 1 aliphatic heterocycles. The first-order chi connectivity index (χ1) is 13.4. The molecule has 3 heterocycles. The van der Waals surface area contributed by atoms with Crippen LogP contribution in [0.3, 0.4) is 0 Å². The number of nitrogens with zero attached hydrogens (tertiary/aromatic N) is 5. The highest BCUT2D eigenvalue weighted by Gasteiger charge is 2.32. The molecule has 1 saturated heterocycles. The third kappa shape index (κ3) is 3.34. The summed E-state index contributed by atoms with van der Waals surface area (Å²) in [6.45, 7) is 4.30. The molecule has 6 nitrogen and oxygen atoms in total. The molecular formula is C18H18ClF3N6. The van der Waals surface area contributed by atoms with Crippen molar-refractivity contribution in [3.05, 3.63) is 40.8 Å². The summed E-state index contributed by atoms with van der Waals surface area (Å²) in [6, 6.07) is 3.43. The van der Waals surface area contributed by atoms with Gasteiger partial charge in [0, 0.05) is 31.9 Å². The molecule has 0 unspecified atom stereocenters. The van der Waals surface area contributed by atoms with E-state index in [2.05, 4.69) is 25.1 Å². The number of aromatic amines is 1. The molecule has 1 aliphatic rings. The van der Waals surface area contributed by atoms with E-state index in [1.54, 1.807) is 0 Å². The van der Waals surface area contributed by atoms with Gasteiger partial charge in [-0.3, -0.25) is 5.10 Å². The number of alkyl halides is 3. The summed E-state index contributed by atoms with van der Waals surface area (Å²) in [4.78, 5) is 12.6. The standard InChI is InChI=1S/C18H18ClF3N6/c1-2-13-15-16(26-25-13)23-10-24-17(15)28-7-5-27(6-8-28)14-9-11(18(20,21)22)3-4-12(14)19/h3-4,9-10H,2,5-8H2,1H3,(H,23,24,25,26). The second-order valence-electron chi connectivity index (χ2n) is 6.59. The SMILES string of the molecule is CCc1[nH]nc2ncnc(N3CCN(c4cc(C(F)(F)F)ccc4Cl)CC3)c12. The van der Waals surface area contributed by atoms with Crippen LogP contribution in [-0.4, -0.2) is 46.3 Å². The molecule has 3 aromatic rings. The summed E-state index contributed by atoms with van der Waals surface area (Å²) in [5.74, 6) is 0.797. The first-order valence-electron chi connectivity index (χ1n) is 8.93. The van der Waals surface area contributed by atoms with Crippen LogP contribution < -0.4 is 9.80 Å². The second kappa shape index (κ2) is 7.12. The van der Waals surface area contributed by atoms with Crippen molar-refractivity contribution in [3.63, 3.8) is 0 Å². The van der Waals surface area contributed by atoms with Gasteiger partial charge in [-0.15, -0.1) is 0 Å². The van der Waals surface area contributed by atoms with Crippen LogP contribution >= 0.6 is 11.6 Å². The third-order valence-electron chi connectivity index (χ3n) is 4.95. The molecular weight excluding hydrogens is 393 g/mol. The summed E-state index contributed by atoms with van der Waals surface area (Å²) in [5, 5.41) is 8.42. The molecule has 1 fully saturated rings. The molecule has 0 radical (unpaired) electrons. The second-order valence-corrected chi connectivity index (χ2v) is 7.00. The minimum Gasteiger partial charge on any atom is -0.367 e. The maximum Gasteiger partial charge on any atom is 0.416 e. The fourth-order valence-electron chi connectivity index (χ4n) is 3.48. The smallest absolute Gasteiger partial charge is 0.367 e. The fourth-order valence-corrected chi connectivity index (χ4v) is 3.72. The van der Waals surface area contributed by atoms with Crippen LogP contribution in [0.4, 0.5) is 24.7 Å². The summed E-state index contributed by atoms with van der Waals surface area (Å²) in [5.41, 5.74) is 1.29. The highest BCUT2D eigenvalue weighted by Crippen LogP contribution is 2.36. The average Bonchev–Trinajstić information content (AvgIpc) is 3.11. The zero-order valence-corrected chi connectivity index (χ0v) is 15.8. The van der Waals surface area contributed by atoms with E-state index in [0.29, 0.717) is 42.5 Å². The number of rotatable bonds is 3. The van der Waals surface area contributed by atoms with Gasteiger partial charge < -0.3 is 9.80 Å². The van der Waals surface area contributed by atoms with Crippen molar-refractivity contribution >= 4 is 34.1 Å². The zero-order valence-electron chi connectivity index (χ0n) is 15.1. The molecule has 2 aromatic heterocycles. The van der Waals surface area contributed by atoms with E-state index in [4.69, 9.17) is 11.6 Å². The molecule has 0 aliphatic carbocycles. The van der Waals surface area contributed by atoms with E-state index in [1.165, 1.54) is 12.4 Å². The predicted molar refractivity (Wildman–Crippen MR) is 102 cm³/mol. The number of hydrogen-bond acceptors (Lipinski definition) is 5. The molecule has 148 valence electrons. The van der Waals surface area contributed by atoms with Crippen LogP contribution in [0.2, 0.25) is 5.02 Å². The highest BCUT2D eigenvalue weighted by molar-refractivity contribution is 6.33. The van der Waals surface area contributed by atoms with Crippen LogP contribution in [0.15, 0.2) is 24.5 Å². The topological polar surface area (TPSA) is 60.9 Å². The number of nitrogens with one attached hydrogen (secondary N) is 1. The molecule has 0 amide bonds. The number of aryl methyl sites for hydroxylation is 1. The lowest BCUT2D eigenvalue weighted by Gasteiger charge is -2.37. The van der Waals surface area contributed by atoms with Crippen molar-refractivity contribution in [2.24, 2.45) is 0 Å². The molecule has 28 heavy (non-hydrogen) atoms. The van der Waals surface area contributed by atoms with E-state index < -0.39 is 11.7 Å². The molecule has 1 aromatic carbocycles. The zero-order chi connectivity index (χ0) is 19.9. The van der Waals surface area contributed by atoms with Crippen LogP contribution in [-0.2, 0) is 12.6 Å². The normalized spacial score (nSPS) is 15.5. The average molecular weight is 411 g/mol. The van der Waals surface area contributed by atoms with Gasteiger partial charge in [0.05, 0.1) is 21.7 Å². The molecule has 0 spiro atoms. The molecule has 1 N–H and O–H groups in total. The van der Waals surface area contributed by atoms with Gasteiger partial charge in [0.25, 0.3) is 0 Å². The van der Waals surface area contributed by atoms with E-state index in [9.17, 15) is 13.2 Å². The largest absolute Gasteiger partial charge is 0.416 e. The Kier molecular flexibility index (Phi) is 4.78. The molecule has 0 saturated carbocycles. The van der Waals surface area contributed by atoms with Gasteiger partial charge in [0.2, 0.25) is 0 Å². The summed E-state index contributed by atoms with van der Waals surface area (Å²) >= 11 is 6.18. The number of anilines is 2. The van der Waals surface area contributed by atoms with Crippen LogP contribution in [0.25, 0.3) is 11.0 Å². The van der Waals surface area contributed by atoms with Gasteiger partial charge in [-0.2, -0.15) is 18.3 Å². The molecule has 0 bridgehead atoms. The van der Waals surface area contributed by atoms with Crippen molar-refractivity contribution in [1.82, 2.24) is 20.2 Å². The summed E-state index contributed by atoms with van der Waals surface area (Å²) in [6.07, 6.45) is -2.14. The monoisotopic (exact) mass is 410 g/mol. The Morgan fingerprint density at radius 3 is 2.50 bits per heavy atom. The minimum absolute atomic E-state index is 0.314. The van der Waals surface area contributed by atoms with Crippen LogP contribution in [0, 0.1) is 0 Å². The van der Waals surface area contributed by atoms with Gasteiger partial charge in [0.1, 0.15) is 12.1 Å². The van der Waals surface area contributed by atoms with Crippen LogP contribution in [0.5, 0.6) is 0 Å². The number of fused-ring (bicyclic) bond motifs is 1. The Hall–Kier alpha value is -2.55. The highest BCUT2D eigenvalue weighted by atomic mass is 35.5. The van der Waals surface area contributed by atoms with Crippen molar-refractivity contribution in [1.29, 1.82) is 0 Å². The van der Waals surface area contributed by atoms with E-state index in [1.807, 2.05) is 11.8 Å². The van der Waals surface area contributed by atoms with Crippen molar-refractivity contribution in [2.45, 2.75) is 19.5 Å². The predicted octanol–water partition coefficient (Wildman–Crippen LogP) is 3.91. The maximum atomic E-state index is 13.0. The number of piperazine rings is 1. The van der Waals surface area contributed by atoms with Gasteiger partial charge in [-0.05, 0) is 24.6 Å². The van der Waals surface area contributed by atoms with Crippen molar-refractivity contribution in [3.8, 4) is 0 Å². The first-order valence-corrected chi connectivity index (χ1v) is 9.31. The van der Waals surface area contributed by atoms with E-state index >= 15 is 0 Å². The van der Waals surface area contributed by atoms with Crippen molar-refractivity contribution in [2.75, 3.05) is 36.0 Å². The number of benzene rings is 1. The number of halogens is 4.